The van der Waals surface area contributed by atoms with Gasteiger partial charge in [0.1, 0.15) is 0 Å². The standard InChI is InChI=1S/C19H27N5O2/c1-6-24(16-10-8-7-9-11-16)17(25)12-20-14(3)19(26)21-18-13(2)22-23(5)15(18)4/h7-11,14,20H,6,12H2,1-5H3,(H,21,26). The Morgan fingerprint density at radius 1 is 1.23 bits per heavy atom. The predicted octanol–water partition coefficient (Wildman–Crippen LogP) is 2.01. The van der Waals surface area contributed by atoms with Gasteiger partial charge in [0, 0.05) is 19.3 Å². The lowest BCUT2D eigenvalue weighted by atomic mass is 10.2. The molecule has 140 valence electrons. The number of para-hydroxylation sites is 1. The van der Waals surface area contributed by atoms with E-state index in [-0.39, 0.29) is 18.4 Å². The average Bonchev–Trinajstić information content (AvgIpc) is 2.87. The number of carbonyl (C=O) groups excluding carboxylic acids is 2. The third-order valence-electron chi connectivity index (χ3n) is 4.40. The van der Waals surface area contributed by atoms with Crippen LogP contribution in [0.25, 0.3) is 0 Å². The van der Waals surface area contributed by atoms with Crippen molar-refractivity contribution in [3.05, 3.63) is 41.7 Å². The lowest BCUT2D eigenvalue weighted by Crippen LogP contribution is -2.45. The zero-order chi connectivity index (χ0) is 19.3. The average molecular weight is 357 g/mol. The van der Waals surface area contributed by atoms with Gasteiger partial charge in [0.05, 0.1) is 29.7 Å². The molecule has 1 atom stereocenters. The van der Waals surface area contributed by atoms with Crippen LogP contribution in [0.1, 0.15) is 25.2 Å². The van der Waals surface area contributed by atoms with E-state index in [0.717, 1.165) is 22.8 Å². The first kappa shape index (κ1) is 19.7. The van der Waals surface area contributed by atoms with Crippen molar-refractivity contribution in [1.82, 2.24) is 15.1 Å². The van der Waals surface area contributed by atoms with Gasteiger partial charge in [-0.25, -0.2) is 0 Å². The molecular weight excluding hydrogens is 330 g/mol. The first-order valence-corrected chi connectivity index (χ1v) is 8.75. The third kappa shape index (κ3) is 4.49. The molecule has 0 aliphatic rings. The molecule has 0 fully saturated rings. The van der Waals surface area contributed by atoms with Crippen LogP contribution in [-0.4, -0.2) is 40.7 Å². The van der Waals surface area contributed by atoms with Crippen LogP contribution in [0.4, 0.5) is 11.4 Å². The lowest BCUT2D eigenvalue weighted by molar-refractivity contribution is -0.119. The van der Waals surface area contributed by atoms with E-state index in [1.54, 1.807) is 16.5 Å². The van der Waals surface area contributed by atoms with Gasteiger partial charge < -0.3 is 10.2 Å². The number of aromatic nitrogens is 2. The zero-order valence-electron chi connectivity index (χ0n) is 16.0. The van der Waals surface area contributed by atoms with Crippen LogP contribution in [0.2, 0.25) is 0 Å². The Morgan fingerprint density at radius 2 is 1.88 bits per heavy atom. The minimum absolute atomic E-state index is 0.0768. The van der Waals surface area contributed by atoms with Gasteiger partial charge in [0.2, 0.25) is 11.8 Å². The summed E-state index contributed by atoms with van der Waals surface area (Å²) in [7, 11) is 1.83. The molecule has 2 aromatic rings. The number of hydrogen-bond acceptors (Lipinski definition) is 4. The lowest BCUT2D eigenvalue weighted by Gasteiger charge is -2.22. The molecule has 7 heteroatoms. The highest BCUT2D eigenvalue weighted by Gasteiger charge is 2.20. The molecule has 0 saturated carbocycles. The molecule has 0 bridgehead atoms. The second-order valence-electron chi connectivity index (χ2n) is 6.23. The van der Waals surface area contributed by atoms with Gasteiger partial charge in [0.25, 0.3) is 0 Å². The Labute approximate surface area is 154 Å². The Bertz CT molecular complexity index is 770. The SMILES string of the molecule is CCN(C(=O)CNC(C)C(=O)Nc1c(C)nn(C)c1C)c1ccccc1. The summed E-state index contributed by atoms with van der Waals surface area (Å²) in [5, 5.41) is 10.2. The fourth-order valence-electron chi connectivity index (χ4n) is 2.73. The van der Waals surface area contributed by atoms with Crippen LogP contribution in [0.15, 0.2) is 30.3 Å². The second kappa shape index (κ2) is 8.62. The molecule has 1 unspecified atom stereocenters. The first-order valence-electron chi connectivity index (χ1n) is 8.75. The topological polar surface area (TPSA) is 79.3 Å². The number of hydrogen-bond donors (Lipinski definition) is 2. The summed E-state index contributed by atoms with van der Waals surface area (Å²) in [6.45, 7) is 8.07. The molecule has 2 N–H and O–H groups in total. The fraction of sp³-hybridized carbons (Fsp3) is 0.421. The van der Waals surface area contributed by atoms with Crippen LogP contribution >= 0.6 is 0 Å². The van der Waals surface area contributed by atoms with E-state index >= 15 is 0 Å². The monoisotopic (exact) mass is 357 g/mol. The summed E-state index contributed by atoms with van der Waals surface area (Å²) >= 11 is 0. The third-order valence-corrected chi connectivity index (χ3v) is 4.40. The number of aryl methyl sites for hydroxylation is 2. The highest BCUT2D eigenvalue weighted by molar-refractivity contribution is 5.97. The van der Waals surface area contributed by atoms with Crippen molar-refractivity contribution in [2.75, 3.05) is 23.3 Å². The van der Waals surface area contributed by atoms with Gasteiger partial charge in [-0.3, -0.25) is 19.6 Å². The molecule has 0 radical (unpaired) electrons. The highest BCUT2D eigenvalue weighted by Crippen LogP contribution is 2.18. The number of nitrogens with zero attached hydrogens (tertiary/aromatic N) is 3. The highest BCUT2D eigenvalue weighted by atomic mass is 16.2. The summed E-state index contributed by atoms with van der Waals surface area (Å²) < 4.78 is 1.73. The van der Waals surface area contributed by atoms with E-state index in [9.17, 15) is 9.59 Å². The summed E-state index contributed by atoms with van der Waals surface area (Å²) in [6.07, 6.45) is 0. The smallest absolute Gasteiger partial charge is 0.241 e. The van der Waals surface area contributed by atoms with Crippen molar-refractivity contribution in [2.24, 2.45) is 7.05 Å². The van der Waals surface area contributed by atoms with Crippen LogP contribution in [0, 0.1) is 13.8 Å². The van der Waals surface area contributed by atoms with Crippen LogP contribution < -0.4 is 15.5 Å². The Kier molecular flexibility index (Phi) is 6.52. The van der Waals surface area contributed by atoms with Crippen LogP contribution in [-0.2, 0) is 16.6 Å². The fourth-order valence-corrected chi connectivity index (χ4v) is 2.73. The predicted molar refractivity (Wildman–Crippen MR) is 103 cm³/mol. The molecule has 0 saturated heterocycles. The zero-order valence-corrected chi connectivity index (χ0v) is 16.0. The van der Waals surface area contributed by atoms with E-state index in [2.05, 4.69) is 15.7 Å². The molecule has 1 aromatic carbocycles. The van der Waals surface area contributed by atoms with E-state index < -0.39 is 6.04 Å². The normalized spacial score (nSPS) is 11.9. The van der Waals surface area contributed by atoms with E-state index in [1.165, 1.54) is 0 Å². The Balaban J connectivity index is 1.93. The molecule has 2 amide bonds. The van der Waals surface area contributed by atoms with Gasteiger partial charge >= 0.3 is 0 Å². The molecule has 1 aromatic heterocycles. The van der Waals surface area contributed by atoms with Gasteiger partial charge in [-0.15, -0.1) is 0 Å². The largest absolute Gasteiger partial charge is 0.322 e. The number of carbonyl (C=O) groups is 2. The summed E-state index contributed by atoms with van der Waals surface area (Å²) in [4.78, 5) is 26.6. The Morgan fingerprint density at radius 3 is 2.42 bits per heavy atom. The number of rotatable bonds is 7. The van der Waals surface area contributed by atoms with E-state index in [1.807, 2.05) is 58.2 Å². The maximum Gasteiger partial charge on any atom is 0.241 e. The number of likely N-dealkylation sites (N-methyl/N-ethyl adjacent to an activating group) is 1. The van der Waals surface area contributed by atoms with Crippen molar-refractivity contribution in [3.8, 4) is 0 Å². The van der Waals surface area contributed by atoms with Gasteiger partial charge in [-0.1, -0.05) is 18.2 Å². The quantitative estimate of drug-likeness (QED) is 0.794. The minimum Gasteiger partial charge on any atom is -0.322 e. The van der Waals surface area contributed by atoms with Crippen molar-refractivity contribution in [1.29, 1.82) is 0 Å². The summed E-state index contributed by atoms with van der Waals surface area (Å²) in [5.74, 6) is -0.271. The van der Waals surface area contributed by atoms with Crippen LogP contribution in [0.3, 0.4) is 0 Å². The molecule has 0 spiro atoms. The van der Waals surface area contributed by atoms with Crippen molar-refractivity contribution >= 4 is 23.2 Å². The molecule has 2 rings (SSSR count). The van der Waals surface area contributed by atoms with Crippen molar-refractivity contribution in [2.45, 2.75) is 33.7 Å². The molecule has 26 heavy (non-hydrogen) atoms. The van der Waals surface area contributed by atoms with Crippen molar-refractivity contribution in [3.63, 3.8) is 0 Å². The molecule has 0 aliphatic heterocycles. The number of amides is 2. The van der Waals surface area contributed by atoms with Gasteiger partial charge in [-0.2, -0.15) is 5.10 Å². The van der Waals surface area contributed by atoms with Gasteiger partial charge in [0.15, 0.2) is 0 Å². The summed E-state index contributed by atoms with van der Waals surface area (Å²) in [5.41, 5.74) is 3.22. The van der Waals surface area contributed by atoms with Crippen molar-refractivity contribution < 1.29 is 9.59 Å². The van der Waals surface area contributed by atoms with E-state index in [0.29, 0.717) is 6.54 Å². The molecule has 1 heterocycles. The second-order valence-corrected chi connectivity index (χ2v) is 6.23. The number of nitrogens with one attached hydrogen (secondary N) is 2. The molecular formula is C19H27N5O2. The first-order chi connectivity index (χ1) is 12.3. The van der Waals surface area contributed by atoms with E-state index in [4.69, 9.17) is 0 Å². The van der Waals surface area contributed by atoms with Crippen LogP contribution in [0.5, 0.6) is 0 Å². The summed E-state index contributed by atoms with van der Waals surface area (Å²) in [6, 6.07) is 8.99. The molecule has 0 aliphatic carbocycles. The number of benzene rings is 1. The molecule has 7 nitrogen and oxygen atoms in total. The maximum absolute atomic E-state index is 12.5. The maximum atomic E-state index is 12.5. The minimum atomic E-state index is -0.507. The Hall–Kier alpha value is -2.67. The number of anilines is 2. The van der Waals surface area contributed by atoms with Gasteiger partial charge in [-0.05, 0) is 39.8 Å².